The van der Waals surface area contributed by atoms with Gasteiger partial charge in [-0.15, -0.1) is 0 Å². The van der Waals surface area contributed by atoms with E-state index in [2.05, 4.69) is 0 Å². The van der Waals surface area contributed by atoms with E-state index in [4.69, 9.17) is 10.5 Å². The number of halogens is 2. The molecule has 0 radical (unpaired) electrons. The molecule has 1 unspecified atom stereocenters. The molecule has 21 heavy (non-hydrogen) atoms. The van der Waals surface area contributed by atoms with Gasteiger partial charge in [0, 0.05) is 18.3 Å². The standard InChI is InChI=1S/C14H16F2N2O3/c1-2-21-14(20)12-4-3-5-18(12)13(19)8-6-9(15)10(16)7-11(8)17/h6-7,12H,2-5,17H2,1H3. The maximum absolute atomic E-state index is 13.3. The monoisotopic (exact) mass is 298 g/mol. The first-order valence-electron chi connectivity index (χ1n) is 6.67. The molecule has 1 amide bonds. The van der Waals surface area contributed by atoms with Gasteiger partial charge >= 0.3 is 5.97 Å². The van der Waals surface area contributed by atoms with E-state index in [0.29, 0.717) is 19.4 Å². The Labute approximate surface area is 120 Å². The van der Waals surface area contributed by atoms with Gasteiger partial charge in [-0.2, -0.15) is 0 Å². The van der Waals surface area contributed by atoms with Gasteiger partial charge in [0.1, 0.15) is 6.04 Å². The second-order valence-corrected chi connectivity index (χ2v) is 4.76. The van der Waals surface area contributed by atoms with Crippen molar-refractivity contribution >= 4 is 17.6 Å². The van der Waals surface area contributed by atoms with E-state index in [1.165, 1.54) is 4.90 Å². The Balaban J connectivity index is 2.27. The second-order valence-electron chi connectivity index (χ2n) is 4.76. The minimum atomic E-state index is -1.15. The number of esters is 1. The number of hydrogen-bond donors (Lipinski definition) is 1. The highest BCUT2D eigenvalue weighted by molar-refractivity contribution is 6.01. The molecule has 2 N–H and O–H groups in total. The van der Waals surface area contributed by atoms with Crippen LogP contribution in [0.5, 0.6) is 0 Å². The summed E-state index contributed by atoms with van der Waals surface area (Å²) in [6.07, 6.45) is 1.12. The predicted molar refractivity (Wildman–Crippen MR) is 71.5 cm³/mol. The van der Waals surface area contributed by atoms with Crippen molar-refractivity contribution in [3.05, 3.63) is 29.3 Å². The Bertz CT molecular complexity index is 578. The number of nitrogen functional groups attached to an aromatic ring is 1. The Morgan fingerprint density at radius 1 is 1.38 bits per heavy atom. The molecule has 0 bridgehead atoms. The number of likely N-dealkylation sites (tertiary alicyclic amines) is 1. The first-order valence-corrected chi connectivity index (χ1v) is 6.67. The lowest BCUT2D eigenvalue weighted by atomic mass is 10.1. The van der Waals surface area contributed by atoms with Gasteiger partial charge < -0.3 is 15.4 Å². The third kappa shape index (κ3) is 2.96. The molecule has 7 heteroatoms. The molecule has 1 fully saturated rings. The topological polar surface area (TPSA) is 72.6 Å². The van der Waals surface area contributed by atoms with Crippen LogP contribution in [-0.4, -0.2) is 36.0 Å². The van der Waals surface area contributed by atoms with Crippen LogP contribution in [-0.2, 0) is 9.53 Å². The number of rotatable bonds is 3. The lowest BCUT2D eigenvalue weighted by molar-refractivity contribution is -0.147. The quantitative estimate of drug-likeness (QED) is 0.681. The summed E-state index contributed by atoms with van der Waals surface area (Å²) in [5.41, 5.74) is 5.26. The Morgan fingerprint density at radius 3 is 2.71 bits per heavy atom. The van der Waals surface area contributed by atoms with E-state index in [1.54, 1.807) is 6.92 Å². The van der Waals surface area contributed by atoms with Crippen LogP contribution in [0.2, 0.25) is 0 Å². The molecule has 0 aliphatic carbocycles. The predicted octanol–water partition coefficient (Wildman–Crippen LogP) is 1.71. The minimum absolute atomic E-state index is 0.148. The number of anilines is 1. The first kappa shape index (κ1) is 15.2. The highest BCUT2D eigenvalue weighted by Crippen LogP contribution is 2.25. The number of nitrogens with two attached hydrogens (primary N) is 1. The molecule has 114 valence electrons. The van der Waals surface area contributed by atoms with E-state index >= 15 is 0 Å². The molecule has 0 aromatic heterocycles. The lowest BCUT2D eigenvalue weighted by Crippen LogP contribution is -2.41. The fourth-order valence-corrected chi connectivity index (χ4v) is 2.40. The summed E-state index contributed by atoms with van der Waals surface area (Å²) in [6, 6.07) is 0.816. The molecule has 0 saturated carbocycles. The van der Waals surface area contributed by atoms with Crippen molar-refractivity contribution in [1.29, 1.82) is 0 Å². The summed E-state index contributed by atoms with van der Waals surface area (Å²) in [6.45, 7) is 2.23. The lowest BCUT2D eigenvalue weighted by Gasteiger charge is -2.23. The van der Waals surface area contributed by atoms with Gasteiger partial charge in [-0.05, 0) is 25.8 Å². The molecule has 1 aromatic rings. The summed E-state index contributed by atoms with van der Waals surface area (Å²) in [5.74, 6) is -3.36. The smallest absolute Gasteiger partial charge is 0.328 e. The number of carbonyl (C=O) groups excluding carboxylic acids is 2. The molecule has 1 heterocycles. The summed E-state index contributed by atoms with van der Waals surface area (Å²) < 4.78 is 31.3. The van der Waals surface area contributed by atoms with Gasteiger partial charge in [0.2, 0.25) is 0 Å². The van der Waals surface area contributed by atoms with Crippen LogP contribution in [0.4, 0.5) is 14.5 Å². The van der Waals surface area contributed by atoms with Gasteiger partial charge in [0.15, 0.2) is 11.6 Å². The number of benzene rings is 1. The zero-order chi connectivity index (χ0) is 15.6. The highest BCUT2D eigenvalue weighted by Gasteiger charge is 2.36. The van der Waals surface area contributed by atoms with Crippen LogP contribution in [0, 0.1) is 11.6 Å². The fraction of sp³-hybridized carbons (Fsp3) is 0.429. The summed E-state index contributed by atoms with van der Waals surface area (Å²) >= 11 is 0. The van der Waals surface area contributed by atoms with Gasteiger partial charge in [-0.1, -0.05) is 0 Å². The van der Waals surface area contributed by atoms with E-state index < -0.39 is 29.6 Å². The van der Waals surface area contributed by atoms with E-state index in [9.17, 15) is 18.4 Å². The largest absolute Gasteiger partial charge is 0.464 e. The van der Waals surface area contributed by atoms with Crippen LogP contribution >= 0.6 is 0 Å². The summed E-state index contributed by atoms with van der Waals surface area (Å²) in [7, 11) is 0. The number of hydrogen-bond acceptors (Lipinski definition) is 4. The van der Waals surface area contributed by atoms with Crippen LogP contribution in [0.25, 0.3) is 0 Å². The third-order valence-electron chi connectivity index (χ3n) is 3.40. The zero-order valence-corrected chi connectivity index (χ0v) is 11.6. The van der Waals surface area contributed by atoms with Crippen molar-refractivity contribution in [3.8, 4) is 0 Å². The zero-order valence-electron chi connectivity index (χ0n) is 11.6. The summed E-state index contributed by atoms with van der Waals surface area (Å²) in [5, 5.41) is 0. The maximum Gasteiger partial charge on any atom is 0.328 e. The molecular weight excluding hydrogens is 282 g/mol. The van der Waals surface area contributed by atoms with Crippen molar-refractivity contribution in [2.75, 3.05) is 18.9 Å². The van der Waals surface area contributed by atoms with E-state index in [-0.39, 0.29) is 17.9 Å². The number of amides is 1. The minimum Gasteiger partial charge on any atom is -0.464 e. The number of nitrogens with zero attached hydrogens (tertiary/aromatic N) is 1. The SMILES string of the molecule is CCOC(=O)C1CCCN1C(=O)c1cc(F)c(F)cc1N. The Hall–Kier alpha value is -2.18. The first-order chi connectivity index (χ1) is 9.95. The molecule has 1 saturated heterocycles. The van der Waals surface area contributed by atoms with Crippen LogP contribution in [0.15, 0.2) is 12.1 Å². The van der Waals surface area contributed by atoms with Crippen molar-refractivity contribution in [1.82, 2.24) is 4.90 Å². The fourth-order valence-electron chi connectivity index (χ4n) is 2.40. The molecule has 1 atom stereocenters. The molecular formula is C14H16F2N2O3. The normalized spacial score (nSPS) is 17.9. The van der Waals surface area contributed by atoms with Crippen molar-refractivity contribution in [3.63, 3.8) is 0 Å². The van der Waals surface area contributed by atoms with Gasteiger partial charge in [-0.25, -0.2) is 13.6 Å². The molecule has 1 aromatic carbocycles. The van der Waals surface area contributed by atoms with E-state index in [1.807, 2.05) is 0 Å². The Kier molecular flexibility index (Phi) is 4.40. The molecule has 5 nitrogen and oxygen atoms in total. The average Bonchev–Trinajstić information content (AvgIpc) is 2.91. The number of ether oxygens (including phenoxy) is 1. The van der Waals surface area contributed by atoms with E-state index in [0.717, 1.165) is 12.1 Å². The van der Waals surface area contributed by atoms with Gasteiger partial charge in [0.25, 0.3) is 5.91 Å². The van der Waals surface area contributed by atoms with Crippen LogP contribution in [0.3, 0.4) is 0 Å². The van der Waals surface area contributed by atoms with Gasteiger partial charge in [-0.3, -0.25) is 4.79 Å². The van der Waals surface area contributed by atoms with Crippen molar-refractivity contribution in [2.45, 2.75) is 25.8 Å². The van der Waals surface area contributed by atoms with Gasteiger partial charge in [0.05, 0.1) is 12.2 Å². The summed E-state index contributed by atoms with van der Waals surface area (Å²) in [4.78, 5) is 25.5. The number of carbonyl (C=O) groups is 2. The van der Waals surface area contributed by atoms with Crippen LogP contribution < -0.4 is 5.73 Å². The third-order valence-corrected chi connectivity index (χ3v) is 3.40. The molecule has 1 aliphatic rings. The highest BCUT2D eigenvalue weighted by atomic mass is 19.2. The maximum atomic E-state index is 13.3. The second kappa shape index (κ2) is 6.07. The Morgan fingerprint density at radius 2 is 2.05 bits per heavy atom. The molecule has 1 aliphatic heterocycles. The average molecular weight is 298 g/mol. The van der Waals surface area contributed by atoms with Crippen molar-refractivity contribution in [2.24, 2.45) is 0 Å². The van der Waals surface area contributed by atoms with Crippen molar-refractivity contribution < 1.29 is 23.1 Å². The van der Waals surface area contributed by atoms with Crippen LogP contribution in [0.1, 0.15) is 30.1 Å². The molecule has 2 rings (SSSR count). The molecule has 0 spiro atoms.